The van der Waals surface area contributed by atoms with Gasteiger partial charge in [0.15, 0.2) is 0 Å². The molecule has 0 unspecified atom stereocenters. The molecule has 2 aromatic carbocycles. The maximum absolute atomic E-state index is 13.9. The maximum Gasteiger partial charge on any atom is 0.417 e. The van der Waals surface area contributed by atoms with Gasteiger partial charge >= 0.3 is 6.18 Å². The minimum absolute atomic E-state index is 0.0215. The molecule has 0 aromatic heterocycles. The van der Waals surface area contributed by atoms with Gasteiger partial charge in [0, 0.05) is 31.4 Å². The number of hydrogen-bond acceptors (Lipinski definition) is 3. The van der Waals surface area contributed by atoms with Gasteiger partial charge in [0.25, 0.3) is 5.91 Å². The zero-order valence-electron chi connectivity index (χ0n) is 13.8. The summed E-state index contributed by atoms with van der Waals surface area (Å²) in [7, 11) is 0. The van der Waals surface area contributed by atoms with Gasteiger partial charge in [-0.1, -0.05) is 0 Å². The minimum Gasteiger partial charge on any atom is -0.353 e. The Morgan fingerprint density at radius 3 is 2.63 bits per heavy atom. The van der Waals surface area contributed by atoms with E-state index in [1.807, 2.05) is 0 Å². The molecule has 4 nitrogen and oxygen atoms in total. The van der Waals surface area contributed by atoms with E-state index in [0.717, 1.165) is 18.2 Å². The van der Waals surface area contributed by atoms with Crippen molar-refractivity contribution in [2.45, 2.75) is 12.2 Å². The number of nitrogens with zero attached hydrogens (tertiary/aromatic N) is 1. The highest BCUT2D eigenvalue weighted by molar-refractivity contribution is 6.01. The molecule has 0 bridgehead atoms. The Bertz CT molecular complexity index is 928. The molecule has 0 aliphatic carbocycles. The van der Waals surface area contributed by atoms with E-state index in [0.29, 0.717) is 25.7 Å². The van der Waals surface area contributed by atoms with Crippen molar-refractivity contribution in [1.82, 2.24) is 10.2 Å². The van der Waals surface area contributed by atoms with Crippen molar-refractivity contribution in [2.24, 2.45) is 0 Å². The monoisotopic (exact) mass is 383 g/mol. The van der Waals surface area contributed by atoms with Crippen LogP contribution in [0.5, 0.6) is 0 Å². The summed E-state index contributed by atoms with van der Waals surface area (Å²) in [5, 5.41) is 5.62. The van der Waals surface area contributed by atoms with Crippen molar-refractivity contribution in [3.8, 4) is 0 Å². The number of hydrogen-bond donors (Lipinski definition) is 2. The van der Waals surface area contributed by atoms with Gasteiger partial charge in [0.1, 0.15) is 11.6 Å². The largest absolute Gasteiger partial charge is 0.417 e. The van der Waals surface area contributed by atoms with Crippen LogP contribution in [0.2, 0.25) is 0 Å². The summed E-state index contributed by atoms with van der Waals surface area (Å²) >= 11 is 0. The van der Waals surface area contributed by atoms with Gasteiger partial charge in [-0.05, 0) is 29.8 Å². The summed E-state index contributed by atoms with van der Waals surface area (Å²) in [6, 6.07) is 4.43. The molecule has 0 saturated carbocycles. The Morgan fingerprint density at radius 1 is 1.15 bits per heavy atom. The number of nitrogens with one attached hydrogen (secondary N) is 2. The predicted octanol–water partition coefficient (Wildman–Crippen LogP) is 3.83. The topological polar surface area (TPSA) is 44.4 Å². The maximum atomic E-state index is 13.9. The van der Waals surface area contributed by atoms with Crippen LogP contribution >= 0.6 is 0 Å². The van der Waals surface area contributed by atoms with Gasteiger partial charge in [-0.2, -0.15) is 13.2 Å². The smallest absolute Gasteiger partial charge is 0.353 e. The first-order chi connectivity index (χ1) is 12.8. The van der Waals surface area contributed by atoms with Crippen LogP contribution < -0.4 is 10.6 Å². The van der Waals surface area contributed by atoms with E-state index in [2.05, 4.69) is 10.6 Å². The SMILES string of the molecule is O=C1c2c(cc(Nc3ccc(F)cc3F)cc2C(F)(F)F)[C@@H]2CNCCN12. The lowest BCUT2D eigenvalue weighted by Crippen LogP contribution is -2.44. The summed E-state index contributed by atoms with van der Waals surface area (Å²) in [5.74, 6) is -2.37. The van der Waals surface area contributed by atoms with Gasteiger partial charge in [0.05, 0.1) is 22.9 Å². The highest BCUT2D eigenvalue weighted by Gasteiger charge is 2.45. The van der Waals surface area contributed by atoms with E-state index in [9.17, 15) is 26.7 Å². The Kier molecular flexibility index (Phi) is 4.06. The normalized spacial score (nSPS) is 19.1. The second kappa shape index (κ2) is 6.19. The molecule has 1 amide bonds. The minimum atomic E-state index is -4.75. The van der Waals surface area contributed by atoms with Crippen LogP contribution in [-0.2, 0) is 6.18 Å². The Labute approximate surface area is 151 Å². The summed E-state index contributed by atoms with van der Waals surface area (Å²) < 4.78 is 67.7. The molecule has 4 rings (SSSR count). The zero-order chi connectivity index (χ0) is 19.3. The van der Waals surface area contributed by atoms with Crippen LogP contribution in [0.4, 0.5) is 33.3 Å². The number of amides is 1. The fourth-order valence-corrected chi connectivity index (χ4v) is 3.58. The van der Waals surface area contributed by atoms with Crippen LogP contribution in [0.1, 0.15) is 27.5 Å². The van der Waals surface area contributed by atoms with Crippen molar-refractivity contribution < 1.29 is 26.7 Å². The quantitative estimate of drug-likeness (QED) is 0.775. The van der Waals surface area contributed by atoms with E-state index < -0.39 is 35.3 Å². The molecule has 2 aliphatic rings. The summed E-state index contributed by atoms with van der Waals surface area (Å²) in [6.07, 6.45) is -4.75. The van der Waals surface area contributed by atoms with E-state index in [1.54, 1.807) is 0 Å². The third-order valence-corrected chi connectivity index (χ3v) is 4.76. The number of benzene rings is 2. The summed E-state index contributed by atoms with van der Waals surface area (Å²) in [6.45, 7) is 1.15. The van der Waals surface area contributed by atoms with Gasteiger partial charge in [-0.15, -0.1) is 0 Å². The predicted molar refractivity (Wildman–Crippen MR) is 87.7 cm³/mol. The second-order valence-corrected chi connectivity index (χ2v) is 6.45. The van der Waals surface area contributed by atoms with E-state index in [-0.39, 0.29) is 22.5 Å². The van der Waals surface area contributed by atoms with Crippen LogP contribution in [0.25, 0.3) is 0 Å². The molecule has 1 atom stereocenters. The molecule has 0 spiro atoms. The number of piperazine rings is 1. The Balaban J connectivity index is 1.82. The lowest BCUT2D eigenvalue weighted by molar-refractivity contribution is -0.137. The molecule has 2 heterocycles. The molecule has 1 fully saturated rings. The molecule has 2 aliphatic heterocycles. The molecule has 2 N–H and O–H groups in total. The van der Waals surface area contributed by atoms with Gasteiger partial charge < -0.3 is 15.5 Å². The molecule has 0 radical (unpaired) electrons. The number of anilines is 2. The third-order valence-electron chi connectivity index (χ3n) is 4.76. The van der Waals surface area contributed by atoms with Crippen molar-refractivity contribution in [3.63, 3.8) is 0 Å². The van der Waals surface area contributed by atoms with Crippen molar-refractivity contribution in [2.75, 3.05) is 25.0 Å². The lowest BCUT2D eigenvalue weighted by atomic mass is 9.97. The molecular weight excluding hydrogens is 369 g/mol. The number of fused-ring (bicyclic) bond motifs is 3. The average molecular weight is 383 g/mol. The van der Waals surface area contributed by atoms with E-state index >= 15 is 0 Å². The van der Waals surface area contributed by atoms with Crippen molar-refractivity contribution in [3.05, 3.63) is 58.7 Å². The van der Waals surface area contributed by atoms with Crippen LogP contribution in [0.3, 0.4) is 0 Å². The molecule has 9 heteroatoms. The molecule has 1 saturated heterocycles. The van der Waals surface area contributed by atoms with E-state index in [4.69, 9.17) is 0 Å². The highest BCUT2D eigenvalue weighted by atomic mass is 19.4. The first-order valence-corrected chi connectivity index (χ1v) is 8.24. The van der Waals surface area contributed by atoms with Crippen LogP contribution in [0, 0.1) is 11.6 Å². The first kappa shape index (κ1) is 17.7. The Hall–Kier alpha value is -2.68. The summed E-state index contributed by atoms with van der Waals surface area (Å²) in [4.78, 5) is 14.0. The number of rotatable bonds is 2. The fraction of sp³-hybridized carbons (Fsp3) is 0.278. The zero-order valence-corrected chi connectivity index (χ0v) is 13.8. The van der Waals surface area contributed by atoms with E-state index in [1.165, 1.54) is 11.0 Å². The molecular formula is C18H14F5N3O. The van der Waals surface area contributed by atoms with Gasteiger partial charge in [0.2, 0.25) is 0 Å². The van der Waals surface area contributed by atoms with Crippen molar-refractivity contribution in [1.29, 1.82) is 0 Å². The molecule has 2 aromatic rings. The van der Waals surface area contributed by atoms with Crippen LogP contribution in [0.15, 0.2) is 30.3 Å². The third kappa shape index (κ3) is 3.01. The number of alkyl halides is 3. The van der Waals surface area contributed by atoms with Crippen LogP contribution in [-0.4, -0.2) is 30.4 Å². The lowest BCUT2D eigenvalue weighted by Gasteiger charge is -2.30. The van der Waals surface area contributed by atoms with Gasteiger partial charge in [-0.3, -0.25) is 4.79 Å². The number of halogens is 5. The average Bonchev–Trinajstić information content (AvgIpc) is 2.89. The molecule has 27 heavy (non-hydrogen) atoms. The Morgan fingerprint density at radius 2 is 1.93 bits per heavy atom. The number of carbonyl (C=O) groups is 1. The standard InChI is InChI=1S/C18H14F5N3O/c19-9-1-2-14(13(20)5-9)25-10-6-11-15-8-24-3-4-26(15)17(27)16(11)12(7-10)18(21,22)23/h1-2,5-7,15,24-25H,3-4,8H2/t15-/m0/s1. The van der Waals surface area contributed by atoms with Gasteiger partial charge in [-0.25, -0.2) is 8.78 Å². The summed E-state index contributed by atoms with van der Waals surface area (Å²) in [5.41, 5.74) is -1.36. The fourth-order valence-electron chi connectivity index (χ4n) is 3.58. The second-order valence-electron chi connectivity index (χ2n) is 6.45. The number of carbonyl (C=O) groups excluding carboxylic acids is 1. The highest BCUT2D eigenvalue weighted by Crippen LogP contribution is 2.44. The molecule has 142 valence electrons. The first-order valence-electron chi connectivity index (χ1n) is 8.24. The van der Waals surface area contributed by atoms with Crippen molar-refractivity contribution >= 4 is 17.3 Å².